The van der Waals surface area contributed by atoms with Gasteiger partial charge >= 0.3 is 5.97 Å². The van der Waals surface area contributed by atoms with Crippen LogP contribution in [0.2, 0.25) is 0 Å². The zero-order valence-corrected chi connectivity index (χ0v) is 11.4. The molecule has 1 aromatic carbocycles. The highest BCUT2D eigenvalue weighted by Gasteiger charge is 2.21. The summed E-state index contributed by atoms with van der Waals surface area (Å²) >= 11 is 0. The normalized spacial score (nSPS) is 10.9. The number of ether oxygens (including phenoxy) is 1. The fourth-order valence-electron chi connectivity index (χ4n) is 1.24. The molecular weight excluding hydrogens is 246 g/mol. The Balaban J connectivity index is 2.62. The van der Waals surface area contributed by atoms with Crippen LogP contribution in [0.3, 0.4) is 0 Å². The van der Waals surface area contributed by atoms with E-state index in [2.05, 4.69) is 5.32 Å². The van der Waals surface area contributed by atoms with Crippen molar-refractivity contribution >= 4 is 17.6 Å². The molecule has 0 heterocycles. The lowest BCUT2D eigenvalue weighted by Gasteiger charge is -2.18. The maximum absolute atomic E-state index is 11.8. The first-order valence-electron chi connectivity index (χ1n) is 6.05. The molecule has 104 valence electrons. The standard InChI is InChI=1S/C14H19NO4/c1-14(2,3)13(18)15-10-5-4-6-11(9-10)19-8-7-12(16)17/h4-6,9H,7-8H2,1-3H3,(H,15,18)(H,16,17). The van der Waals surface area contributed by atoms with Crippen molar-refractivity contribution in [2.24, 2.45) is 5.41 Å². The first kappa shape index (κ1) is 15.0. The van der Waals surface area contributed by atoms with Crippen molar-refractivity contribution in [3.05, 3.63) is 24.3 Å². The van der Waals surface area contributed by atoms with Crippen LogP contribution in [0.15, 0.2) is 24.3 Å². The van der Waals surface area contributed by atoms with Crippen LogP contribution in [0.25, 0.3) is 0 Å². The Morgan fingerprint density at radius 2 is 2.00 bits per heavy atom. The van der Waals surface area contributed by atoms with E-state index in [0.717, 1.165) is 0 Å². The molecule has 0 saturated carbocycles. The molecule has 0 unspecified atom stereocenters. The summed E-state index contributed by atoms with van der Waals surface area (Å²) in [5.41, 5.74) is 0.160. The number of benzene rings is 1. The van der Waals surface area contributed by atoms with Crippen molar-refractivity contribution in [3.8, 4) is 5.75 Å². The SMILES string of the molecule is CC(C)(C)C(=O)Nc1cccc(OCCC(=O)O)c1. The molecule has 0 aliphatic carbocycles. The highest BCUT2D eigenvalue weighted by atomic mass is 16.5. The Labute approximate surface area is 112 Å². The van der Waals surface area contributed by atoms with Crippen molar-refractivity contribution in [3.63, 3.8) is 0 Å². The van der Waals surface area contributed by atoms with Crippen LogP contribution in [0.5, 0.6) is 5.75 Å². The number of aliphatic carboxylic acids is 1. The number of carboxylic acids is 1. The van der Waals surface area contributed by atoms with Crippen molar-refractivity contribution in [1.29, 1.82) is 0 Å². The lowest BCUT2D eigenvalue weighted by Crippen LogP contribution is -2.27. The monoisotopic (exact) mass is 265 g/mol. The molecule has 0 saturated heterocycles. The second-order valence-corrected chi connectivity index (χ2v) is 5.22. The van der Waals surface area contributed by atoms with E-state index in [1.165, 1.54) is 0 Å². The summed E-state index contributed by atoms with van der Waals surface area (Å²) in [4.78, 5) is 22.2. The van der Waals surface area contributed by atoms with Crippen LogP contribution >= 0.6 is 0 Å². The molecule has 0 aliphatic rings. The Hall–Kier alpha value is -2.04. The number of hydrogen-bond acceptors (Lipinski definition) is 3. The van der Waals surface area contributed by atoms with Gasteiger partial charge in [-0.1, -0.05) is 26.8 Å². The van der Waals surface area contributed by atoms with Crippen LogP contribution in [-0.4, -0.2) is 23.6 Å². The fourth-order valence-corrected chi connectivity index (χ4v) is 1.24. The minimum atomic E-state index is -0.905. The van der Waals surface area contributed by atoms with Crippen LogP contribution < -0.4 is 10.1 Å². The molecule has 0 fully saturated rings. The topological polar surface area (TPSA) is 75.6 Å². The van der Waals surface area contributed by atoms with Gasteiger partial charge in [0.15, 0.2) is 0 Å². The molecule has 1 rings (SSSR count). The Kier molecular flexibility index (Phi) is 4.92. The van der Waals surface area contributed by atoms with Crippen molar-refractivity contribution in [2.45, 2.75) is 27.2 Å². The van der Waals surface area contributed by atoms with Gasteiger partial charge in [-0.2, -0.15) is 0 Å². The van der Waals surface area contributed by atoms with E-state index in [-0.39, 0.29) is 18.9 Å². The average molecular weight is 265 g/mol. The van der Waals surface area contributed by atoms with Crippen molar-refractivity contribution in [1.82, 2.24) is 0 Å². The average Bonchev–Trinajstić information content (AvgIpc) is 2.27. The number of hydrogen-bond donors (Lipinski definition) is 2. The van der Waals surface area contributed by atoms with Gasteiger partial charge < -0.3 is 15.2 Å². The maximum Gasteiger partial charge on any atom is 0.306 e. The number of carbonyl (C=O) groups excluding carboxylic acids is 1. The van der Waals surface area contributed by atoms with Gasteiger partial charge in [0.2, 0.25) is 5.91 Å². The number of carboxylic acid groups (broad SMARTS) is 1. The second kappa shape index (κ2) is 6.22. The van der Waals surface area contributed by atoms with Gasteiger partial charge in [0.25, 0.3) is 0 Å². The van der Waals surface area contributed by atoms with Gasteiger partial charge in [-0.25, -0.2) is 0 Å². The molecule has 5 nitrogen and oxygen atoms in total. The molecule has 0 aromatic heterocycles. The van der Waals surface area contributed by atoms with E-state index in [1.54, 1.807) is 24.3 Å². The summed E-state index contributed by atoms with van der Waals surface area (Å²) in [6.45, 7) is 5.59. The number of nitrogens with one attached hydrogen (secondary N) is 1. The number of carbonyl (C=O) groups is 2. The number of anilines is 1. The second-order valence-electron chi connectivity index (χ2n) is 5.22. The molecule has 0 spiro atoms. The highest BCUT2D eigenvalue weighted by Crippen LogP contribution is 2.21. The minimum Gasteiger partial charge on any atom is -0.493 e. The quantitative estimate of drug-likeness (QED) is 0.857. The molecule has 0 aliphatic heterocycles. The minimum absolute atomic E-state index is 0.0570. The summed E-state index contributed by atoms with van der Waals surface area (Å²) in [5, 5.41) is 11.3. The Morgan fingerprint density at radius 3 is 2.58 bits per heavy atom. The molecule has 0 bridgehead atoms. The largest absolute Gasteiger partial charge is 0.493 e. The van der Waals surface area contributed by atoms with Gasteiger partial charge in [0, 0.05) is 17.2 Å². The molecule has 1 aromatic rings. The summed E-state index contributed by atoms with van der Waals surface area (Å²) in [6.07, 6.45) is -0.0570. The maximum atomic E-state index is 11.8. The third kappa shape index (κ3) is 5.42. The van der Waals surface area contributed by atoms with E-state index < -0.39 is 11.4 Å². The van der Waals surface area contributed by atoms with E-state index in [1.807, 2.05) is 20.8 Å². The Bertz CT molecular complexity index is 463. The molecule has 5 heteroatoms. The first-order chi connectivity index (χ1) is 8.79. The summed E-state index contributed by atoms with van der Waals surface area (Å²) in [6, 6.07) is 6.89. The predicted molar refractivity (Wildman–Crippen MR) is 72.3 cm³/mol. The van der Waals surface area contributed by atoms with E-state index in [4.69, 9.17) is 9.84 Å². The number of amides is 1. The van der Waals surface area contributed by atoms with Gasteiger partial charge in [0.05, 0.1) is 13.0 Å². The van der Waals surface area contributed by atoms with E-state index in [0.29, 0.717) is 11.4 Å². The third-order valence-electron chi connectivity index (χ3n) is 2.36. The Morgan fingerprint density at radius 1 is 1.32 bits per heavy atom. The first-order valence-corrected chi connectivity index (χ1v) is 6.05. The van der Waals surface area contributed by atoms with Gasteiger partial charge in [-0.3, -0.25) is 9.59 Å². The smallest absolute Gasteiger partial charge is 0.306 e. The predicted octanol–water partition coefficient (Wildman–Crippen LogP) is 2.52. The van der Waals surface area contributed by atoms with Gasteiger partial charge in [-0.15, -0.1) is 0 Å². The summed E-state index contributed by atoms with van der Waals surface area (Å²) in [5.74, 6) is -0.458. The zero-order valence-electron chi connectivity index (χ0n) is 11.4. The fraction of sp³-hybridized carbons (Fsp3) is 0.429. The molecule has 1 amide bonds. The van der Waals surface area contributed by atoms with Crippen LogP contribution in [0.1, 0.15) is 27.2 Å². The van der Waals surface area contributed by atoms with E-state index in [9.17, 15) is 9.59 Å². The molecule has 19 heavy (non-hydrogen) atoms. The molecule has 2 N–H and O–H groups in total. The zero-order chi connectivity index (χ0) is 14.5. The van der Waals surface area contributed by atoms with Crippen LogP contribution in [0, 0.1) is 5.41 Å². The van der Waals surface area contributed by atoms with Crippen LogP contribution in [0.4, 0.5) is 5.69 Å². The highest BCUT2D eigenvalue weighted by molar-refractivity contribution is 5.94. The van der Waals surface area contributed by atoms with Crippen LogP contribution in [-0.2, 0) is 9.59 Å². The summed E-state index contributed by atoms with van der Waals surface area (Å²) < 4.78 is 5.29. The molecular formula is C14H19NO4. The summed E-state index contributed by atoms with van der Waals surface area (Å²) in [7, 11) is 0. The van der Waals surface area contributed by atoms with Crippen molar-refractivity contribution in [2.75, 3.05) is 11.9 Å². The third-order valence-corrected chi connectivity index (χ3v) is 2.36. The van der Waals surface area contributed by atoms with E-state index >= 15 is 0 Å². The van der Waals surface area contributed by atoms with Gasteiger partial charge in [-0.05, 0) is 12.1 Å². The van der Waals surface area contributed by atoms with Gasteiger partial charge in [0.1, 0.15) is 5.75 Å². The molecule has 0 atom stereocenters. The lowest BCUT2D eigenvalue weighted by molar-refractivity contribution is -0.137. The number of rotatable bonds is 5. The molecule has 0 radical (unpaired) electrons. The van der Waals surface area contributed by atoms with Crippen molar-refractivity contribution < 1.29 is 19.4 Å². The lowest BCUT2D eigenvalue weighted by atomic mass is 9.95.